The SMILES string of the molecule is CNCC[C@H](Oc1cccc2ccccc12)c1cccs1.O=C(O[C@@H](C(=O)O)[C@@H](OC(=O)c1ccccc1)C(=O)O)c1ccccc1. The number of nitrogens with one attached hydrogen (secondary N) is 1. The molecule has 3 atom stereocenters. The molecule has 5 aromatic rings. The summed E-state index contributed by atoms with van der Waals surface area (Å²) >= 11 is 1.75. The van der Waals surface area contributed by atoms with E-state index in [-0.39, 0.29) is 17.2 Å². The molecule has 0 saturated carbocycles. The molecule has 5 rings (SSSR count). The highest BCUT2D eigenvalue weighted by Crippen LogP contribution is 2.32. The third kappa shape index (κ3) is 9.73. The second kappa shape index (κ2) is 17.2. The number of benzene rings is 4. The van der Waals surface area contributed by atoms with Gasteiger partial charge in [0.1, 0.15) is 11.9 Å². The van der Waals surface area contributed by atoms with Crippen molar-refractivity contribution in [3.05, 3.63) is 137 Å². The summed E-state index contributed by atoms with van der Waals surface area (Å²) in [6.07, 6.45) is -3.37. The second-order valence-corrected chi connectivity index (χ2v) is 11.0. The Labute approximate surface area is 275 Å². The van der Waals surface area contributed by atoms with Crippen molar-refractivity contribution in [2.45, 2.75) is 24.7 Å². The second-order valence-electron chi connectivity index (χ2n) is 10.1. The normalized spacial score (nSPS) is 12.4. The van der Waals surface area contributed by atoms with Gasteiger partial charge < -0.3 is 29.7 Å². The van der Waals surface area contributed by atoms with E-state index in [1.54, 1.807) is 23.5 Å². The first-order valence-electron chi connectivity index (χ1n) is 14.6. The van der Waals surface area contributed by atoms with Crippen LogP contribution in [0, 0.1) is 0 Å². The van der Waals surface area contributed by atoms with Gasteiger partial charge in [0.05, 0.1) is 11.1 Å². The van der Waals surface area contributed by atoms with Crippen LogP contribution < -0.4 is 10.1 Å². The molecule has 1 aromatic heterocycles. The third-order valence-electron chi connectivity index (χ3n) is 6.78. The van der Waals surface area contributed by atoms with E-state index in [2.05, 4.69) is 65.3 Å². The number of carboxylic acid groups (broad SMARTS) is 2. The predicted octanol–water partition coefficient (Wildman–Crippen LogP) is 6.24. The maximum absolute atomic E-state index is 12.0. The van der Waals surface area contributed by atoms with E-state index in [9.17, 15) is 29.4 Å². The van der Waals surface area contributed by atoms with Crippen LogP contribution in [0.5, 0.6) is 5.75 Å². The van der Waals surface area contributed by atoms with Crippen molar-refractivity contribution in [2.24, 2.45) is 0 Å². The fourth-order valence-corrected chi connectivity index (χ4v) is 5.25. The summed E-state index contributed by atoms with van der Waals surface area (Å²) in [5, 5.41) is 26.2. The first kappa shape index (κ1) is 34.4. The Morgan fingerprint density at radius 2 is 1.21 bits per heavy atom. The molecule has 3 N–H and O–H groups in total. The van der Waals surface area contributed by atoms with Crippen LogP contribution in [-0.2, 0) is 19.1 Å². The van der Waals surface area contributed by atoms with Crippen LogP contribution >= 0.6 is 11.3 Å². The monoisotopic (exact) mass is 655 g/mol. The molecule has 4 aromatic carbocycles. The molecule has 0 unspecified atom stereocenters. The van der Waals surface area contributed by atoms with Crippen LogP contribution in [0.25, 0.3) is 10.8 Å². The number of hydrogen-bond acceptors (Lipinski definition) is 9. The van der Waals surface area contributed by atoms with Gasteiger partial charge in [0.15, 0.2) is 0 Å². The topological polar surface area (TPSA) is 148 Å². The first-order chi connectivity index (χ1) is 22.8. The maximum Gasteiger partial charge on any atom is 0.349 e. The van der Waals surface area contributed by atoms with Crippen LogP contribution in [0.4, 0.5) is 0 Å². The number of ether oxygens (including phenoxy) is 3. The molecule has 0 bridgehead atoms. The van der Waals surface area contributed by atoms with Crippen LogP contribution in [0.3, 0.4) is 0 Å². The molecule has 0 aliphatic carbocycles. The number of fused-ring (bicyclic) bond motifs is 1. The lowest BCUT2D eigenvalue weighted by molar-refractivity contribution is -0.166. The zero-order valence-electron chi connectivity index (χ0n) is 25.4. The molecule has 10 nitrogen and oxygen atoms in total. The number of hydrogen-bond donors (Lipinski definition) is 3. The van der Waals surface area contributed by atoms with Crippen LogP contribution in [-0.4, -0.2) is 59.9 Å². The average molecular weight is 656 g/mol. The van der Waals surface area contributed by atoms with Gasteiger partial charge in [0.25, 0.3) is 0 Å². The van der Waals surface area contributed by atoms with Gasteiger partial charge >= 0.3 is 23.9 Å². The molecule has 1 heterocycles. The molecule has 0 spiro atoms. The highest BCUT2D eigenvalue weighted by molar-refractivity contribution is 7.10. The molecule has 47 heavy (non-hydrogen) atoms. The van der Waals surface area contributed by atoms with E-state index in [0.717, 1.165) is 18.7 Å². The van der Waals surface area contributed by atoms with Gasteiger partial charge in [-0.1, -0.05) is 78.9 Å². The van der Waals surface area contributed by atoms with Crippen molar-refractivity contribution >= 4 is 46.0 Å². The standard InChI is InChI=1S/C18H19NOS.C18H14O8/c1-19-12-11-17(18-10-5-13-21-18)20-16-9-4-7-14-6-2-3-8-15(14)16;19-15(20)13(25-17(23)11-7-3-1-4-8-11)14(16(21)22)26-18(24)12-9-5-2-6-10-12/h2-10,13,17,19H,11-12H2,1H3;1-10,13-14H,(H,19,20)(H,21,22)/t17-;13-,14-/m01/s1. The van der Waals surface area contributed by atoms with Gasteiger partial charge in [0.2, 0.25) is 12.2 Å². The summed E-state index contributed by atoms with van der Waals surface area (Å²) in [5.41, 5.74) is 0.0505. The minimum atomic E-state index is -2.21. The highest BCUT2D eigenvalue weighted by Gasteiger charge is 2.41. The van der Waals surface area contributed by atoms with E-state index in [1.165, 1.54) is 64.2 Å². The van der Waals surface area contributed by atoms with Crippen molar-refractivity contribution in [1.29, 1.82) is 0 Å². The predicted molar refractivity (Wildman–Crippen MR) is 177 cm³/mol. The number of thiophene rings is 1. The van der Waals surface area contributed by atoms with Gasteiger partial charge in [-0.3, -0.25) is 0 Å². The van der Waals surface area contributed by atoms with Crippen molar-refractivity contribution in [3.8, 4) is 5.75 Å². The molecular weight excluding hydrogens is 622 g/mol. The Hall–Kier alpha value is -5.52. The van der Waals surface area contributed by atoms with Gasteiger partial charge in [-0.2, -0.15) is 0 Å². The number of carbonyl (C=O) groups is 4. The Morgan fingerprint density at radius 3 is 1.72 bits per heavy atom. The summed E-state index contributed by atoms with van der Waals surface area (Å²) in [6.45, 7) is 0.938. The Morgan fingerprint density at radius 1 is 0.681 bits per heavy atom. The van der Waals surface area contributed by atoms with E-state index in [1.807, 2.05) is 7.05 Å². The van der Waals surface area contributed by atoms with Crippen molar-refractivity contribution < 1.29 is 43.6 Å². The Kier molecular flexibility index (Phi) is 12.6. The number of carboxylic acids is 2. The molecule has 11 heteroatoms. The highest BCUT2D eigenvalue weighted by atomic mass is 32.1. The molecule has 0 aliphatic rings. The summed E-state index contributed by atoms with van der Waals surface area (Å²) in [4.78, 5) is 48.1. The average Bonchev–Trinajstić information content (AvgIpc) is 3.64. The lowest BCUT2D eigenvalue weighted by atomic mass is 10.1. The molecule has 0 aliphatic heterocycles. The zero-order chi connectivity index (χ0) is 33.6. The molecule has 0 fully saturated rings. The van der Waals surface area contributed by atoms with E-state index in [4.69, 9.17) is 14.2 Å². The summed E-state index contributed by atoms with van der Waals surface area (Å²) in [7, 11) is 1.98. The van der Waals surface area contributed by atoms with E-state index < -0.39 is 36.1 Å². The number of carbonyl (C=O) groups excluding carboxylic acids is 2. The molecule has 0 amide bonds. The Bertz CT molecular complexity index is 1690. The largest absolute Gasteiger partial charge is 0.484 e. The summed E-state index contributed by atoms with van der Waals surface area (Å²) < 4.78 is 15.9. The summed E-state index contributed by atoms with van der Waals surface area (Å²) in [6, 6.07) is 33.7. The van der Waals surface area contributed by atoms with Gasteiger partial charge in [-0.25, -0.2) is 19.2 Å². The van der Waals surface area contributed by atoms with Crippen LogP contribution in [0.2, 0.25) is 0 Å². The van der Waals surface area contributed by atoms with Gasteiger partial charge in [0, 0.05) is 16.7 Å². The van der Waals surface area contributed by atoms with Crippen LogP contribution in [0.15, 0.2) is 121 Å². The fraction of sp³-hybridized carbons (Fsp3) is 0.167. The smallest absolute Gasteiger partial charge is 0.349 e. The Balaban J connectivity index is 0.000000217. The quantitative estimate of drug-likeness (QED) is 0.125. The van der Waals surface area contributed by atoms with E-state index in [0.29, 0.717) is 0 Å². The van der Waals surface area contributed by atoms with Crippen molar-refractivity contribution in [2.75, 3.05) is 13.6 Å². The molecule has 0 radical (unpaired) electrons. The fourth-order valence-electron chi connectivity index (χ4n) is 4.46. The molecule has 0 saturated heterocycles. The van der Waals surface area contributed by atoms with E-state index >= 15 is 0 Å². The molecular formula is C36H33NO9S. The minimum absolute atomic E-state index is 0.0253. The number of aliphatic carboxylic acids is 2. The lowest BCUT2D eigenvalue weighted by Gasteiger charge is -2.21. The van der Waals surface area contributed by atoms with Gasteiger partial charge in [-0.15, -0.1) is 11.3 Å². The lowest BCUT2D eigenvalue weighted by Crippen LogP contribution is -2.45. The van der Waals surface area contributed by atoms with Gasteiger partial charge in [-0.05, 0) is 60.8 Å². The van der Waals surface area contributed by atoms with Crippen LogP contribution in [0.1, 0.15) is 38.1 Å². The van der Waals surface area contributed by atoms with Crippen molar-refractivity contribution in [1.82, 2.24) is 5.32 Å². The third-order valence-corrected chi connectivity index (χ3v) is 7.75. The van der Waals surface area contributed by atoms with Crippen molar-refractivity contribution in [3.63, 3.8) is 0 Å². The number of esters is 2. The maximum atomic E-state index is 12.0. The first-order valence-corrected chi connectivity index (χ1v) is 15.5. The minimum Gasteiger partial charge on any atom is -0.484 e. The number of rotatable bonds is 13. The zero-order valence-corrected chi connectivity index (χ0v) is 26.2. The summed E-state index contributed by atoms with van der Waals surface area (Å²) in [5.74, 6) is -4.67. The molecule has 242 valence electrons.